The van der Waals surface area contributed by atoms with Gasteiger partial charge in [-0.25, -0.2) is 4.99 Å². The number of fused-ring (bicyclic) bond motifs is 1. The number of halogens is 1. The number of methoxy groups -OCH3 is 1. The van der Waals surface area contributed by atoms with Crippen LogP contribution in [0.4, 0.5) is 11.4 Å². The molecule has 0 saturated heterocycles. The number of benzene rings is 3. The largest absolute Gasteiger partial charge is 0.497 e. The van der Waals surface area contributed by atoms with E-state index in [0.717, 1.165) is 17.0 Å². The van der Waals surface area contributed by atoms with E-state index < -0.39 is 0 Å². The van der Waals surface area contributed by atoms with Crippen molar-refractivity contribution in [1.82, 2.24) is 0 Å². The minimum Gasteiger partial charge on any atom is -0.497 e. The fraction of sp³-hybridized carbons (Fsp3) is 0.0909. The van der Waals surface area contributed by atoms with Gasteiger partial charge >= 0.3 is 0 Å². The van der Waals surface area contributed by atoms with Crippen molar-refractivity contribution in [2.75, 3.05) is 12.0 Å². The van der Waals surface area contributed by atoms with Crippen LogP contribution < -0.4 is 9.64 Å². The fourth-order valence-corrected chi connectivity index (χ4v) is 3.39. The van der Waals surface area contributed by atoms with Gasteiger partial charge in [0.15, 0.2) is 0 Å². The van der Waals surface area contributed by atoms with Crippen LogP contribution in [-0.4, -0.2) is 18.7 Å². The Balaban J connectivity index is 1.76. The number of anilines is 1. The predicted molar refractivity (Wildman–Crippen MR) is 108 cm³/mol. The first-order valence-electron chi connectivity index (χ1n) is 8.55. The number of rotatable bonds is 4. The van der Waals surface area contributed by atoms with Crippen LogP contribution in [0, 0.1) is 0 Å². The van der Waals surface area contributed by atoms with Gasteiger partial charge in [-0.3, -0.25) is 4.79 Å². The Morgan fingerprint density at radius 3 is 2.41 bits per heavy atom. The van der Waals surface area contributed by atoms with Crippen LogP contribution >= 0.6 is 11.6 Å². The van der Waals surface area contributed by atoms with E-state index in [4.69, 9.17) is 16.3 Å². The Hall–Kier alpha value is -3.11. The summed E-state index contributed by atoms with van der Waals surface area (Å²) >= 11 is 6.43. The molecule has 0 fully saturated rings. The van der Waals surface area contributed by atoms with Crippen molar-refractivity contribution < 1.29 is 9.53 Å². The molecule has 3 aromatic rings. The molecule has 1 aliphatic heterocycles. The minimum absolute atomic E-state index is 0.155. The summed E-state index contributed by atoms with van der Waals surface area (Å²) < 4.78 is 5.17. The molecule has 0 aliphatic carbocycles. The molecule has 0 N–H and O–H groups in total. The third-order valence-corrected chi connectivity index (χ3v) is 4.78. The van der Waals surface area contributed by atoms with Crippen molar-refractivity contribution in [3.63, 3.8) is 0 Å². The molecule has 1 heterocycles. The number of carbonyl (C=O) groups is 1. The van der Waals surface area contributed by atoms with Crippen molar-refractivity contribution in [3.8, 4) is 5.75 Å². The van der Waals surface area contributed by atoms with E-state index in [0.29, 0.717) is 28.5 Å². The molecule has 0 bridgehead atoms. The summed E-state index contributed by atoms with van der Waals surface area (Å²) in [6, 6.07) is 22.7. The Bertz CT molecular complexity index is 1010. The van der Waals surface area contributed by atoms with Gasteiger partial charge in [0, 0.05) is 5.56 Å². The van der Waals surface area contributed by atoms with Crippen molar-refractivity contribution in [2.24, 2.45) is 4.99 Å². The van der Waals surface area contributed by atoms with Gasteiger partial charge in [-0.2, -0.15) is 0 Å². The molecule has 0 aromatic heterocycles. The molecule has 0 atom stereocenters. The molecule has 0 radical (unpaired) electrons. The van der Waals surface area contributed by atoms with Crippen LogP contribution in [0.5, 0.6) is 5.75 Å². The van der Waals surface area contributed by atoms with Crippen LogP contribution in [0.2, 0.25) is 5.02 Å². The molecule has 27 heavy (non-hydrogen) atoms. The summed E-state index contributed by atoms with van der Waals surface area (Å²) in [5, 5.41) is 0.517. The van der Waals surface area contributed by atoms with Gasteiger partial charge in [-0.1, -0.05) is 48.0 Å². The van der Waals surface area contributed by atoms with E-state index in [1.165, 1.54) is 0 Å². The van der Waals surface area contributed by atoms with Crippen molar-refractivity contribution in [3.05, 3.63) is 88.9 Å². The van der Waals surface area contributed by atoms with E-state index in [9.17, 15) is 4.79 Å². The lowest BCUT2D eigenvalue weighted by atomic mass is 10.1. The summed E-state index contributed by atoms with van der Waals surface area (Å²) in [7, 11) is 1.61. The average Bonchev–Trinajstić information content (AvgIpc) is 2.96. The normalized spacial score (nSPS) is 14.5. The standard InChI is InChI=1S/C22H17ClN2O2/c1-27-17-12-10-16(11-13-17)24-21-20-18(23)8-5-9-19(20)25(22(21)26)14-15-6-3-2-4-7-15/h2-13H,14H2,1H3. The first-order valence-corrected chi connectivity index (χ1v) is 8.92. The van der Waals surface area contributed by atoms with E-state index in [-0.39, 0.29) is 5.91 Å². The maximum Gasteiger partial charge on any atom is 0.277 e. The van der Waals surface area contributed by atoms with E-state index in [1.807, 2.05) is 66.7 Å². The highest BCUT2D eigenvalue weighted by atomic mass is 35.5. The second kappa shape index (κ2) is 7.25. The second-order valence-corrected chi connectivity index (χ2v) is 6.58. The maximum atomic E-state index is 13.2. The number of carbonyl (C=O) groups excluding carboxylic acids is 1. The molecule has 5 heteroatoms. The van der Waals surface area contributed by atoms with Gasteiger partial charge in [0.2, 0.25) is 0 Å². The van der Waals surface area contributed by atoms with Crippen molar-refractivity contribution in [1.29, 1.82) is 0 Å². The summed E-state index contributed by atoms with van der Waals surface area (Å²) in [6.07, 6.45) is 0. The zero-order valence-corrected chi connectivity index (χ0v) is 15.5. The van der Waals surface area contributed by atoms with Crippen LogP contribution in [-0.2, 0) is 11.3 Å². The maximum absolute atomic E-state index is 13.2. The molecular weight excluding hydrogens is 360 g/mol. The van der Waals surface area contributed by atoms with Gasteiger partial charge in [-0.05, 0) is 42.0 Å². The first kappa shape index (κ1) is 17.3. The lowest BCUT2D eigenvalue weighted by Gasteiger charge is -2.17. The molecule has 4 rings (SSSR count). The van der Waals surface area contributed by atoms with E-state index >= 15 is 0 Å². The van der Waals surface area contributed by atoms with Gasteiger partial charge in [-0.15, -0.1) is 0 Å². The Morgan fingerprint density at radius 1 is 0.963 bits per heavy atom. The summed E-state index contributed by atoms with van der Waals surface area (Å²) in [5.74, 6) is 0.582. The minimum atomic E-state index is -0.155. The smallest absolute Gasteiger partial charge is 0.277 e. The third-order valence-electron chi connectivity index (χ3n) is 4.46. The molecule has 0 spiro atoms. The number of nitrogens with zero attached hydrogens (tertiary/aromatic N) is 2. The van der Waals surface area contributed by atoms with Crippen molar-refractivity contribution >= 4 is 34.6 Å². The van der Waals surface area contributed by atoms with Gasteiger partial charge < -0.3 is 9.64 Å². The van der Waals surface area contributed by atoms with E-state index in [2.05, 4.69) is 4.99 Å². The topological polar surface area (TPSA) is 41.9 Å². The molecule has 0 saturated carbocycles. The van der Waals surface area contributed by atoms with Gasteiger partial charge in [0.05, 0.1) is 30.1 Å². The van der Waals surface area contributed by atoms with E-state index in [1.54, 1.807) is 18.1 Å². The first-order chi connectivity index (χ1) is 13.2. The number of amides is 1. The van der Waals surface area contributed by atoms with Gasteiger partial charge in [0.1, 0.15) is 11.5 Å². The Kier molecular flexibility index (Phi) is 4.65. The summed E-state index contributed by atoms with van der Waals surface area (Å²) in [5.41, 5.74) is 3.53. The zero-order valence-electron chi connectivity index (χ0n) is 14.7. The molecular formula is C22H17ClN2O2. The SMILES string of the molecule is COc1ccc(N=C2C(=O)N(Cc3ccccc3)c3cccc(Cl)c32)cc1. The van der Waals surface area contributed by atoms with Crippen LogP contribution in [0.25, 0.3) is 0 Å². The van der Waals surface area contributed by atoms with Gasteiger partial charge in [0.25, 0.3) is 5.91 Å². The number of ether oxygens (including phenoxy) is 1. The Morgan fingerprint density at radius 2 is 1.70 bits per heavy atom. The van der Waals surface area contributed by atoms with Crippen LogP contribution in [0.3, 0.4) is 0 Å². The lowest BCUT2D eigenvalue weighted by molar-refractivity contribution is -0.112. The highest BCUT2D eigenvalue weighted by Crippen LogP contribution is 2.36. The molecule has 4 nitrogen and oxygen atoms in total. The quantitative estimate of drug-likeness (QED) is 0.641. The number of hydrogen-bond donors (Lipinski definition) is 0. The average molecular weight is 377 g/mol. The zero-order chi connectivity index (χ0) is 18.8. The number of hydrogen-bond acceptors (Lipinski definition) is 3. The molecule has 1 amide bonds. The second-order valence-electron chi connectivity index (χ2n) is 6.17. The van der Waals surface area contributed by atoms with Crippen LogP contribution in [0.1, 0.15) is 11.1 Å². The molecule has 1 aliphatic rings. The van der Waals surface area contributed by atoms with Crippen molar-refractivity contribution in [2.45, 2.75) is 6.54 Å². The molecule has 134 valence electrons. The molecule has 0 unspecified atom stereocenters. The third kappa shape index (κ3) is 3.32. The highest BCUT2D eigenvalue weighted by molar-refractivity contribution is 6.57. The number of aliphatic imine (C=N–C) groups is 1. The lowest BCUT2D eigenvalue weighted by Crippen LogP contribution is -2.29. The predicted octanol–water partition coefficient (Wildman–Crippen LogP) is 5.02. The summed E-state index contributed by atoms with van der Waals surface area (Å²) in [4.78, 5) is 19.5. The Labute approximate surface area is 162 Å². The monoisotopic (exact) mass is 376 g/mol. The fourth-order valence-electron chi connectivity index (χ4n) is 3.13. The van der Waals surface area contributed by atoms with Crippen LogP contribution in [0.15, 0.2) is 77.8 Å². The summed E-state index contributed by atoms with van der Waals surface area (Å²) in [6.45, 7) is 0.467. The highest BCUT2D eigenvalue weighted by Gasteiger charge is 2.35. The molecule has 3 aromatic carbocycles.